The molecule has 7 nitrogen and oxygen atoms in total. The lowest BCUT2D eigenvalue weighted by molar-refractivity contribution is -0.154. The van der Waals surface area contributed by atoms with Crippen LogP contribution in [0.15, 0.2) is 0 Å². The Bertz CT molecular complexity index is 464. The summed E-state index contributed by atoms with van der Waals surface area (Å²) in [6, 6.07) is 0. The molecule has 0 aliphatic carbocycles. The second-order valence-corrected chi connectivity index (χ2v) is 6.60. The summed E-state index contributed by atoms with van der Waals surface area (Å²) in [6.07, 6.45) is 1.68. The first kappa shape index (κ1) is 17.6. The van der Waals surface area contributed by atoms with Crippen molar-refractivity contribution in [2.24, 2.45) is 5.41 Å². The molecule has 130 valence electrons. The van der Waals surface area contributed by atoms with Crippen LogP contribution in [-0.2, 0) is 14.3 Å². The van der Waals surface area contributed by atoms with Crippen LogP contribution in [-0.4, -0.2) is 78.5 Å². The molecule has 0 aromatic rings. The molecule has 23 heavy (non-hydrogen) atoms. The Balaban J connectivity index is 1.93. The van der Waals surface area contributed by atoms with Gasteiger partial charge in [0.05, 0.1) is 6.61 Å². The summed E-state index contributed by atoms with van der Waals surface area (Å²) in [7, 11) is 0. The van der Waals surface area contributed by atoms with E-state index in [1.165, 1.54) is 0 Å². The molecule has 0 aromatic carbocycles. The van der Waals surface area contributed by atoms with Crippen molar-refractivity contribution in [3.63, 3.8) is 0 Å². The van der Waals surface area contributed by atoms with Gasteiger partial charge in [-0.05, 0) is 33.6 Å². The number of hydrogen-bond acceptors (Lipinski definition) is 4. The van der Waals surface area contributed by atoms with Crippen LogP contribution in [0.3, 0.4) is 0 Å². The zero-order chi connectivity index (χ0) is 17.0. The zero-order valence-corrected chi connectivity index (χ0v) is 14.3. The van der Waals surface area contributed by atoms with E-state index in [9.17, 15) is 14.4 Å². The van der Waals surface area contributed by atoms with E-state index in [-0.39, 0.29) is 17.9 Å². The number of hydrogen-bond donors (Lipinski definition) is 0. The monoisotopic (exact) mass is 325 g/mol. The topological polar surface area (TPSA) is 70.2 Å². The van der Waals surface area contributed by atoms with Gasteiger partial charge in [0.25, 0.3) is 0 Å². The van der Waals surface area contributed by atoms with Gasteiger partial charge >= 0.3 is 6.09 Å². The van der Waals surface area contributed by atoms with E-state index in [1.54, 1.807) is 35.5 Å². The summed E-state index contributed by atoms with van der Waals surface area (Å²) in [5.41, 5.74) is -1.05. The van der Waals surface area contributed by atoms with Gasteiger partial charge < -0.3 is 19.4 Å². The van der Waals surface area contributed by atoms with Crippen LogP contribution in [0.25, 0.3) is 0 Å². The van der Waals surface area contributed by atoms with Gasteiger partial charge in [-0.1, -0.05) is 0 Å². The SMILES string of the molecule is CCOC(=O)N1CCN(C(=O)C(C)(C)C(=O)N2CCCC2)CC1. The van der Waals surface area contributed by atoms with Gasteiger partial charge in [-0.15, -0.1) is 0 Å². The minimum absolute atomic E-state index is 0.0900. The summed E-state index contributed by atoms with van der Waals surface area (Å²) in [5, 5.41) is 0. The van der Waals surface area contributed by atoms with Crippen LogP contribution in [0.4, 0.5) is 4.79 Å². The first-order valence-electron chi connectivity index (χ1n) is 8.38. The molecule has 0 saturated carbocycles. The second kappa shape index (κ2) is 7.19. The Labute approximate surface area is 137 Å². The van der Waals surface area contributed by atoms with Gasteiger partial charge in [-0.25, -0.2) is 4.79 Å². The Kier molecular flexibility index (Phi) is 5.49. The molecule has 0 N–H and O–H groups in total. The highest BCUT2D eigenvalue weighted by atomic mass is 16.6. The van der Waals surface area contributed by atoms with Crippen molar-refractivity contribution in [2.75, 3.05) is 45.9 Å². The molecule has 0 atom stereocenters. The maximum absolute atomic E-state index is 12.8. The van der Waals surface area contributed by atoms with E-state index in [2.05, 4.69) is 0 Å². The van der Waals surface area contributed by atoms with Crippen LogP contribution < -0.4 is 0 Å². The van der Waals surface area contributed by atoms with Gasteiger partial charge in [0.2, 0.25) is 11.8 Å². The quantitative estimate of drug-likeness (QED) is 0.724. The summed E-state index contributed by atoms with van der Waals surface area (Å²) in [4.78, 5) is 42.1. The maximum atomic E-state index is 12.8. The fourth-order valence-electron chi connectivity index (χ4n) is 3.11. The van der Waals surface area contributed by atoms with Crippen LogP contribution in [0.5, 0.6) is 0 Å². The van der Waals surface area contributed by atoms with Gasteiger partial charge in [-0.3, -0.25) is 9.59 Å². The van der Waals surface area contributed by atoms with E-state index < -0.39 is 5.41 Å². The van der Waals surface area contributed by atoms with Crippen molar-refractivity contribution in [1.82, 2.24) is 14.7 Å². The van der Waals surface area contributed by atoms with Gasteiger partial charge in [0, 0.05) is 39.3 Å². The average molecular weight is 325 g/mol. The fraction of sp³-hybridized carbons (Fsp3) is 0.812. The first-order chi connectivity index (χ1) is 10.9. The van der Waals surface area contributed by atoms with Crippen LogP contribution in [0, 0.1) is 5.41 Å². The van der Waals surface area contributed by atoms with Crippen LogP contribution >= 0.6 is 0 Å². The summed E-state index contributed by atoms with van der Waals surface area (Å²) in [5.74, 6) is -0.245. The summed E-state index contributed by atoms with van der Waals surface area (Å²) < 4.78 is 4.97. The van der Waals surface area contributed by atoms with E-state index in [4.69, 9.17) is 4.74 Å². The molecule has 2 fully saturated rings. The number of amides is 3. The molecule has 2 heterocycles. The highest BCUT2D eigenvalue weighted by molar-refractivity contribution is 6.04. The summed E-state index contributed by atoms with van der Waals surface area (Å²) >= 11 is 0. The number of carbonyl (C=O) groups is 3. The number of nitrogens with zero attached hydrogens (tertiary/aromatic N) is 3. The van der Waals surface area contributed by atoms with Crippen molar-refractivity contribution in [2.45, 2.75) is 33.6 Å². The van der Waals surface area contributed by atoms with Crippen LogP contribution in [0.2, 0.25) is 0 Å². The molecule has 0 unspecified atom stereocenters. The lowest BCUT2D eigenvalue weighted by atomic mass is 9.89. The maximum Gasteiger partial charge on any atom is 0.409 e. The zero-order valence-electron chi connectivity index (χ0n) is 14.3. The van der Waals surface area contributed by atoms with Crippen molar-refractivity contribution >= 4 is 17.9 Å². The second-order valence-electron chi connectivity index (χ2n) is 6.60. The molecule has 0 radical (unpaired) electrons. The predicted octanol–water partition coefficient (Wildman–Crippen LogP) is 0.936. The minimum atomic E-state index is -1.05. The van der Waals surface area contributed by atoms with Gasteiger partial charge in [0.1, 0.15) is 5.41 Å². The third-order valence-electron chi connectivity index (χ3n) is 4.56. The van der Waals surface area contributed by atoms with Crippen molar-refractivity contribution < 1.29 is 19.1 Å². The summed E-state index contributed by atoms with van der Waals surface area (Å²) in [6.45, 7) is 8.76. The number of rotatable bonds is 3. The Morgan fingerprint density at radius 1 is 0.826 bits per heavy atom. The molecule has 2 aliphatic rings. The van der Waals surface area contributed by atoms with E-state index in [0.717, 1.165) is 25.9 Å². The number of carbonyl (C=O) groups excluding carboxylic acids is 3. The van der Waals surface area contributed by atoms with Gasteiger partial charge in [0.15, 0.2) is 0 Å². The number of likely N-dealkylation sites (tertiary alicyclic amines) is 1. The number of piperazine rings is 1. The highest BCUT2D eigenvalue weighted by Gasteiger charge is 2.43. The Morgan fingerprint density at radius 3 is 1.74 bits per heavy atom. The van der Waals surface area contributed by atoms with Crippen LogP contribution in [0.1, 0.15) is 33.6 Å². The third kappa shape index (κ3) is 3.76. The highest BCUT2D eigenvalue weighted by Crippen LogP contribution is 2.25. The molecular weight excluding hydrogens is 298 g/mol. The Morgan fingerprint density at radius 2 is 1.26 bits per heavy atom. The van der Waals surface area contributed by atoms with Gasteiger partial charge in [-0.2, -0.15) is 0 Å². The lowest BCUT2D eigenvalue weighted by Crippen LogP contribution is -2.56. The molecule has 0 bridgehead atoms. The molecule has 0 aromatic heterocycles. The molecule has 0 spiro atoms. The standard InChI is InChI=1S/C16H27N3O4/c1-4-23-15(22)19-11-9-18(10-12-19)14(21)16(2,3)13(20)17-7-5-6-8-17/h4-12H2,1-3H3. The van der Waals surface area contributed by atoms with E-state index in [1.807, 2.05) is 0 Å². The largest absolute Gasteiger partial charge is 0.450 e. The molecule has 2 rings (SSSR count). The minimum Gasteiger partial charge on any atom is -0.450 e. The van der Waals surface area contributed by atoms with Crippen molar-refractivity contribution in [3.05, 3.63) is 0 Å². The molecule has 7 heteroatoms. The number of ether oxygens (including phenoxy) is 1. The van der Waals surface area contributed by atoms with E-state index >= 15 is 0 Å². The molecule has 2 aliphatic heterocycles. The van der Waals surface area contributed by atoms with Crippen molar-refractivity contribution in [1.29, 1.82) is 0 Å². The smallest absolute Gasteiger partial charge is 0.409 e. The Hall–Kier alpha value is -1.79. The van der Waals surface area contributed by atoms with E-state index in [0.29, 0.717) is 32.8 Å². The molecular formula is C16H27N3O4. The fourth-order valence-corrected chi connectivity index (χ4v) is 3.11. The predicted molar refractivity (Wildman–Crippen MR) is 84.8 cm³/mol. The van der Waals surface area contributed by atoms with Crippen molar-refractivity contribution in [3.8, 4) is 0 Å². The first-order valence-corrected chi connectivity index (χ1v) is 8.38. The normalized spacial score (nSPS) is 19.0. The molecule has 3 amide bonds. The molecule has 2 saturated heterocycles. The third-order valence-corrected chi connectivity index (χ3v) is 4.56. The lowest BCUT2D eigenvalue weighted by Gasteiger charge is -2.38. The average Bonchev–Trinajstić information content (AvgIpc) is 3.08.